The molecule has 2 atom stereocenters. The summed E-state index contributed by atoms with van der Waals surface area (Å²) in [5.74, 6) is 2.49. The van der Waals surface area contributed by atoms with Crippen LogP contribution in [0.15, 0.2) is 24.3 Å². The summed E-state index contributed by atoms with van der Waals surface area (Å²) in [6, 6.07) is 8.92. The molecule has 0 spiro atoms. The van der Waals surface area contributed by atoms with Crippen LogP contribution in [0.5, 0.6) is 0 Å². The molecule has 0 aliphatic heterocycles. The lowest BCUT2D eigenvalue weighted by Crippen LogP contribution is -2.49. The minimum atomic E-state index is 0. The molecule has 1 heterocycles. The summed E-state index contributed by atoms with van der Waals surface area (Å²) in [6.45, 7) is 5.01. The van der Waals surface area contributed by atoms with Gasteiger partial charge in [0.25, 0.3) is 0 Å². The molecule has 5 nitrogen and oxygen atoms in total. The number of nitrogens with zero attached hydrogens (tertiary/aromatic N) is 2. The first-order valence-electron chi connectivity index (χ1n) is 10.5. The largest absolute Gasteiger partial charge is 0.355 e. The third-order valence-corrected chi connectivity index (χ3v) is 6.62. The number of nitrogens with two attached hydrogens (primary N) is 1. The zero-order valence-electron chi connectivity index (χ0n) is 17.3. The molecule has 2 aromatic rings. The molecule has 0 saturated heterocycles. The topological polar surface area (TPSA) is 72.9 Å². The fraction of sp³-hybridized carbons (Fsp3) is 0.636. The quantitative estimate of drug-likeness (QED) is 0.728. The van der Waals surface area contributed by atoms with Crippen LogP contribution >= 0.6 is 24.8 Å². The van der Waals surface area contributed by atoms with Gasteiger partial charge in [-0.15, -0.1) is 24.8 Å². The lowest BCUT2D eigenvalue weighted by Gasteiger charge is -2.43. The van der Waals surface area contributed by atoms with Crippen LogP contribution in [-0.4, -0.2) is 28.0 Å². The van der Waals surface area contributed by atoms with Crippen molar-refractivity contribution in [2.45, 2.75) is 64.5 Å². The number of hydrogen-bond acceptors (Lipinski definition) is 3. The molecule has 2 saturated carbocycles. The van der Waals surface area contributed by atoms with Crippen molar-refractivity contribution >= 4 is 41.8 Å². The van der Waals surface area contributed by atoms with Crippen molar-refractivity contribution in [1.29, 1.82) is 0 Å². The van der Waals surface area contributed by atoms with E-state index in [2.05, 4.69) is 41.9 Å². The molecule has 1 amide bonds. The predicted octanol–water partition coefficient (Wildman–Crippen LogP) is 4.27. The summed E-state index contributed by atoms with van der Waals surface area (Å²) in [5, 5.41) is 3.18. The van der Waals surface area contributed by atoms with Crippen LogP contribution in [0.25, 0.3) is 11.0 Å². The Hall–Kier alpha value is -1.30. The molecule has 4 rings (SSSR count). The maximum absolute atomic E-state index is 12.7. The molecule has 2 aliphatic carbocycles. The molecule has 7 heteroatoms. The van der Waals surface area contributed by atoms with E-state index in [4.69, 9.17) is 10.7 Å². The molecular formula is C22H34Cl2N4O. The number of fused-ring (bicyclic) bond motifs is 3. The van der Waals surface area contributed by atoms with Crippen LogP contribution in [0.1, 0.15) is 57.8 Å². The second-order valence-electron chi connectivity index (χ2n) is 8.72. The van der Waals surface area contributed by atoms with Crippen molar-refractivity contribution in [3.8, 4) is 0 Å². The van der Waals surface area contributed by atoms with E-state index in [-0.39, 0.29) is 36.6 Å². The fourth-order valence-corrected chi connectivity index (χ4v) is 5.29. The zero-order valence-corrected chi connectivity index (χ0v) is 19.0. The van der Waals surface area contributed by atoms with Gasteiger partial charge in [0.2, 0.25) is 5.91 Å². The molecule has 1 aromatic carbocycles. The molecule has 1 aromatic heterocycles. The SMILES string of the molecule is CC(C)n1c(CCNC(=O)C2CC3CCCC(C2)C3N)nc2ccccc21.Cl.Cl. The summed E-state index contributed by atoms with van der Waals surface area (Å²) < 4.78 is 2.28. The van der Waals surface area contributed by atoms with Crippen molar-refractivity contribution in [2.75, 3.05) is 6.54 Å². The van der Waals surface area contributed by atoms with Gasteiger partial charge in [0.15, 0.2) is 0 Å². The van der Waals surface area contributed by atoms with E-state index in [0.29, 0.717) is 30.5 Å². The molecule has 2 fully saturated rings. The summed E-state index contributed by atoms with van der Waals surface area (Å²) in [7, 11) is 0. The number of imidazole rings is 1. The first-order chi connectivity index (χ1) is 13.0. The first-order valence-corrected chi connectivity index (χ1v) is 10.5. The van der Waals surface area contributed by atoms with E-state index in [0.717, 1.165) is 30.6 Å². The Morgan fingerprint density at radius 3 is 2.52 bits per heavy atom. The van der Waals surface area contributed by atoms with E-state index >= 15 is 0 Å². The lowest BCUT2D eigenvalue weighted by molar-refractivity contribution is -0.127. The van der Waals surface area contributed by atoms with Crippen molar-refractivity contribution in [3.63, 3.8) is 0 Å². The number of aromatic nitrogens is 2. The Kier molecular flexibility index (Phi) is 8.38. The van der Waals surface area contributed by atoms with Gasteiger partial charge in [0, 0.05) is 31.0 Å². The molecule has 2 unspecified atom stereocenters. The minimum Gasteiger partial charge on any atom is -0.355 e. The average molecular weight is 441 g/mol. The highest BCUT2D eigenvalue weighted by Gasteiger charge is 2.40. The number of hydrogen-bond donors (Lipinski definition) is 2. The Labute approximate surface area is 186 Å². The second kappa shape index (κ2) is 10.1. The Bertz CT molecular complexity index is 808. The number of rotatable bonds is 5. The minimum absolute atomic E-state index is 0. The zero-order chi connectivity index (χ0) is 19.0. The third-order valence-electron chi connectivity index (χ3n) is 6.62. The van der Waals surface area contributed by atoms with Gasteiger partial charge < -0.3 is 15.6 Å². The molecule has 2 aliphatic rings. The van der Waals surface area contributed by atoms with E-state index in [1.807, 2.05) is 6.07 Å². The highest BCUT2D eigenvalue weighted by Crippen LogP contribution is 2.41. The number of halogens is 2. The van der Waals surface area contributed by atoms with E-state index < -0.39 is 0 Å². The van der Waals surface area contributed by atoms with Gasteiger partial charge in [-0.2, -0.15) is 0 Å². The molecular weight excluding hydrogens is 407 g/mol. The van der Waals surface area contributed by atoms with Crippen LogP contribution in [0.2, 0.25) is 0 Å². The van der Waals surface area contributed by atoms with E-state index in [1.165, 1.54) is 24.8 Å². The summed E-state index contributed by atoms with van der Waals surface area (Å²) in [4.78, 5) is 17.5. The van der Waals surface area contributed by atoms with Gasteiger partial charge in [0.05, 0.1) is 11.0 Å². The molecule has 3 N–H and O–H groups in total. The van der Waals surface area contributed by atoms with Gasteiger partial charge in [-0.25, -0.2) is 4.98 Å². The Morgan fingerprint density at radius 1 is 1.21 bits per heavy atom. The highest BCUT2D eigenvalue weighted by molar-refractivity contribution is 5.85. The molecule has 162 valence electrons. The number of carbonyl (C=O) groups is 1. The normalized spacial score (nSPS) is 25.9. The highest BCUT2D eigenvalue weighted by atomic mass is 35.5. The smallest absolute Gasteiger partial charge is 0.223 e. The summed E-state index contributed by atoms with van der Waals surface area (Å²) in [6.07, 6.45) is 6.36. The van der Waals surface area contributed by atoms with Gasteiger partial charge >= 0.3 is 0 Å². The van der Waals surface area contributed by atoms with Gasteiger partial charge in [-0.05, 0) is 63.5 Å². The molecule has 2 bridgehead atoms. The van der Waals surface area contributed by atoms with Crippen LogP contribution in [0.4, 0.5) is 0 Å². The number of amides is 1. The Morgan fingerprint density at radius 2 is 1.86 bits per heavy atom. The van der Waals surface area contributed by atoms with Crippen molar-refractivity contribution < 1.29 is 4.79 Å². The van der Waals surface area contributed by atoms with Gasteiger partial charge in [-0.1, -0.05) is 18.6 Å². The van der Waals surface area contributed by atoms with Gasteiger partial charge in [0.1, 0.15) is 5.82 Å². The van der Waals surface area contributed by atoms with E-state index in [9.17, 15) is 4.79 Å². The standard InChI is InChI=1S/C22H32N4O.2ClH/c1-14(2)26-19-9-4-3-8-18(19)25-20(26)10-11-24-22(27)17-12-15-6-5-7-16(13-17)21(15)23;;/h3-4,8-9,14-17,21H,5-7,10-13,23H2,1-2H3,(H,24,27);2*1H. The predicted molar refractivity (Wildman–Crippen MR) is 123 cm³/mol. The van der Waals surface area contributed by atoms with Crippen LogP contribution in [0.3, 0.4) is 0 Å². The van der Waals surface area contributed by atoms with Crippen molar-refractivity contribution in [2.24, 2.45) is 23.5 Å². The monoisotopic (exact) mass is 440 g/mol. The van der Waals surface area contributed by atoms with Crippen LogP contribution < -0.4 is 11.1 Å². The lowest BCUT2D eigenvalue weighted by atomic mass is 9.65. The molecule has 29 heavy (non-hydrogen) atoms. The number of nitrogens with one attached hydrogen (secondary N) is 1. The number of para-hydroxylation sites is 2. The maximum atomic E-state index is 12.7. The summed E-state index contributed by atoms with van der Waals surface area (Å²) in [5.41, 5.74) is 8.56. The van der Waals surface area contributed by atoms with E-state index in [1.54, 1.807) is 0 Å². The molecule has 0 radical (unpaired) electrons. The van der Waals surface area contributed by atoms with Crippen LogP contribution in [-0.2, 0) is 11.2 Å². The maximum Gasteiger partial charge on any atom is 0.223 e. The van der Waals surface area contributed by atoms with Crippen molar-refractivity contribution in [1.82, 2.24) is 14.9 Å². The number of carbonyl (C=O) groups excluding carboxylic acids is 1. The van der Waals surface area contributed by atoms with Crippen LogP contribution in [0, 0.1) is 17.8 Å². The fourth-order valence-electron chi connectivity index (χ4n) is 5.29. The second-order valence-corrected chi connectivity index (χ2v) is 8.72. The third kappa shape index (κ3) is 4.89. The average Bonchev–Trinajstić information content (AvgIpc) is 2.99. The van der Waals surface area contributed by atoms with Crippen molar-refractivity contribution in [3.05, 3.63) is 30.1 Å². The Balaban J connectivity index is 0.00000150. The van der Waals surface area contributed by atoms with Gasteiger partial charge in [-0.3, -0.25) is 4.79 Å². The summed E-state index contributed by atoms with van der Waals surface area (Å²) >= 11 is 0. The first kappa shape index (κ1) is 24.0. The number of benzene rings is 1.